The third-order valence-electron chi connectivity index (χ3n) is 11.1. The predicted octanol–water partition coefficient (Wildman–Crippen LogP) is 4.65. The number of benzene rings is 1. The quantitative estimate of drug-likeness (QED) is 0.385. The molecule has 5 atom stereocenters. The molecule has 10 nitrogen and oxygen atoms in total. The van der Waals surface area contributed by atoms with Crippen molar-refractivity contribution < 1.29 is 32.6 Å². The molecular formula is C32H38ClF2N5O5. The first-order valence-electron chi connectivity index (χ1n) is 15.7. The molecule has 4 fully saturated rings. The van der Waals surface area contributed by atoms with Crippen LogP contribution in [-0.2, 0) is 39.2 Å². The van der Waals surface area contributed by atoms with E-state index in [-0.39, 0.29) is 47.7 Å². The van der Waals surface area contributed by atoms with E-state index in [1.807, 2.05) is 11.8 Å². The topological polar surface area (TPSA) is 107 Å². The van der Waals surface area contributed by atoms with Gasteiger partial charge in [-0.05, 0) is 80.4 Å². The SMILES string of the molecule is COC(=O)[C@@]1(C)C[C@H]2C[C@H]2C[C@H]1C(=O)N1CCc2c(Cl)ccc(OCc3nnn(C)c3C(F)F)c2[C@H]1CN1CC2(CC2)CC1=O. The number of nitrogens with zero attached hydrogens (tertiary/aromatic N) is 5. The van der Waals surface area contributed by atoms with Gasteiger partial charge in [-0.1, -0.05) is 16.8 Å². The van der Waals surface area contributed by atoms with Gasteiger partial charge in [-0.2, -0.15) is 0 Å². The zero-order chi connectivity index (χ0) is 31.8. The minimum absolute atomic E-state index is 0.0110. The van der Waals surface area contributed by atoms with E-state index in [9.17, 15) is 23.2 Å². The van der Waals surface area contributed by atoms with Gasteiger partial charge in [0.05, 0.1) is 24.5 Å². The van der Waals surface area contributed by atoms with Crippen LogP contribution in [0.25, 0.3) is 0 Å². The Morgan fingerprint density at radius 2 is 1.98 bits per heavy atom. The van der Waals surface area contributed by atoms with Gasteiger partial charge in [0.2, 0.25) is 11.8 Å². The van der Waals surface area contributed by atoms with Crippen LogP contribution in [-0.4, -0.2) is 69.3 Å². The lowest BCUT2D eigenvalue weighted by Gasteiger charge is -2.45. The van der Waals surface area contributed by atoms with Gasteiger partial charge < -0.3 is 19.3 Å². The van der Waals surface area contributed by atoms with E-state index in [4.69, 9.17) is 21.1 Å². The average Bonchev–Trinajstić information content (AvgIpc) is 3.88. The Hall–Kier alpha value is -3.28. The zero-order valence-corrected chi connectivity index (χ0v) is 26.5. The molecule has 5 aliphatic rings. The zero-order valence-electron chi connectivity index (χ0n) is 25.7. The molecule has 2 aliphatic heterocycles. The Kier molecular flexibility index (Phi) is 7.37. The third kappa shape index (κ3) is 5.16. The fourth-order valence-electron chi connectivity index (χ4n) is 8.28. The van der Waals surface area contributed by atoms with E-state index >= 15 is 0 Å². The summed E-state index contributed by atoms with van der Waals surface area (Å²) in [5, 5.41) is 8.14. The number of carbonyl (C=O) groups is 3. The summed E-state index contributed by atoms with van der Waals surface area (Å²) in [5.41, 5.74) is 0.196. The summed E-state index contributed by atoms with van der Waals surface area (Å²) in [4.78, 5) is 44.8. The van der Waals surface area contributed by atoms with Gasteiger partial charge in [0.1, 0.15) is 23.7 Å². The van der Waals surface area contributed by atoms with Crippen molar-refractivity contribution in [1.29, 1.82) is 0 Å². The predicted molar refractivity (Wildman–Crippen MR) is 157 cm³/mol. The minimum Gasteiger partial charge on any atom is -0.487 e. The van der Waals surface area contributed by atoms with Crippen LogP contribution in [0.2, 0.25) is 5.02 Å². The second kappa shape index (κ2) is 10.9. The van der Waals surface area contributed by atoms with Crippen LogP contribution in [0.3, 0.4) is 0 Å². The normalized spacial score (nSPS) is 29.5. The lowest BCUT2D eigenvalue weighted by Crippen LogP contribution is -2.53. The first kappa shape index (κ1) is 30.4. The van der Waals surface area contributed by atoms with Crippen molar-refractivity contribution in [3.8, 4) is 5.75 Å². The number of hydrogen-bond donors (Lipinski definition) is 0. The molecule has 1 spiro atoms. The highest BCUT2D eigenvalue weighted by Crippen LogP contribution is 2.60. The number of aromatic nitrogens is 3. The number of aryl methyl sites for hydroxylation is 1. The van der Waals surface area contributed by atoms with Crippen molar-refractivity contribution in [3.05, 3.63) is 39.7 Å². The summed E-state index contributed by atoms with van der Waals surface area (Å²) in [7, 11) is 2.77. The molecule has 45 heavy (non-hydrogen) atoms. The summed E-state index contributed by atoms with van der Waals surface area (Å²) < 4.78 is 40.0. The summed E-state index contributed by atoms with van der Waals surface area (Å²) >= 11 is 6.75. The average molecular weight is 646 g/mol. The van der Waals surface area contributed by atoms with Crippen LogP contribution >= 0.6 is 11.6 Å². The molecular weight excluding hydrogens is 608 g/mol. The number of carbonyl (C=O) groups excluding carboxylic acids is 3. The molecule has 3 saturated carbocycles. The van der Waals surface area contributed by atoms with Crippen LogP contribution in [0, 0.1) is 28.6 Å². The fourth-order valence-corrected chi connectivity index (χ4v) is 8.54. The van der Waals surface area contributed by atoms with E-state index in [0.717, 1.165) is 29.5 Å². The van der Waals surface area contributed by atoms with E-state index in [2.05, 4.69) is 10.3 Å². The number of likely N-dealkylation sites (tertiary alicyclic amines) is 1. The molecule has 0 bridgehead atoms. The van der Waals surface area contributed by atoms with Crippen LogP contribution in [0.4, 0.5) is 8.78 Å². The molecule has 0 N–H and O–H groups in total. The maximum atomic E-state index is 14.7. The van der Waals surface area contributed by atoms with Gasteiger partial charge in [0.25, 0.3) is 6.43 Å². The van der Waals surface area contributed by atoms with Gasteiger partial charge >= 0.3 is 5.97 Å². The minimum atomic E-state index is -2.79. The monoisotopic (exact) mass is 645 g/mol. The molecule has 1 aromatic heterocycles. The van der Waals surface area contributed by atoms with Gasteiger partial charge in [-0.3, -0.25) is 14.4 Å². The van der Waals surface area contributed by atoms with Crippen molar-refractivity contribution in [2.24, 2.45) is 35.6 Å². The highest BCUT2D eigenvalue weighted by molar-refractivity contribution is 6.31. The van der Waals surface area contributed by atoms with Crippen molar-refractivity contribution in [3.63, 3.8) is 0 Å². The molecule has 13 heteroatoms. The summed E-state index contributed by atoms with van der Waals surface area (Å²) in [6, 6.07) is 2.78. The first-order chi connectivity index (χ1) is 21.4. The lowest BCUT2D eigenvalue weighted by atomic mass is 9.66. The number of fused-ring (bicyclic) bond motifs is 2. The second-order valence-electron chi connectivity index (χ2n) is 14.0. The van der Waals surface area contributed by atoms with Gasteiger partial charge in [-0.25, -0.2) is 13.5 Å². The highest BCUT2D eigenvalue weighted by Gasteiger charge is 2.59. The number of amides is 2. The summed E-state index contributed by atoms with van der Waals surface area (Å²) in [6.45, 7) is 2.81. The first-order valence-corrected chi connectivity index (χ1v) is 16.1. The number of rotatable bonds is 8. The molecule has 2 aromatic rings. The Labute approximate surface area is 265 Å². The lowest BCUT2D eigenvalue weighted by molar-refractivity contribution is -0.165. The fraction of sp³-hybridized carbons (Fsp3) is 0.656. The molecule has 242 valence electrons. The van der Waals surface area contributed by atoms with Crippen molar-refractivity contribution in [2.75, 3.05) is 26.7 Å². The molecule has 2 amide bonds. The third-order valence-corrected chi connectivity index (χ3v) is 11.5. The Morgan fingerprint density at radius 1 is 1.20 bits per heavy atom. The maximum Gasteiger partial charge on any atom is 0.312 e. The van der Waals surface area contributed by atoms with Crippen molar-refractivity contribution >= 4 is 29.4 Å². The van der Waals surface area contributed by atoms with E-state index in [1.54, 1.807) is 17.0 Å². The van der Waals surface area contributed by atoms with E-state index in [1.165, 1.54) is 14.2 Å². The van der Waals surface area contributed by atoms with Crippen molar-refractivity contribution in [1.82, 2.24) is 24.8 Å². The number of alkyl halides is 2. The van der Waals surface area contributed by atoms with Crippen LogP contribution in [0.5, 0.6) is 5.75 Å². The maximum absolute atomic E-state index is 14.7. The largest absolute Gasteiger partial charge is 0.487 e. The second-order valence-corrected chi connectivity index (χ2v) is 14.4. The molecule has 0 radical (unpaired) electrons. The van der Waals surface area contributed by atoms with Crippen LogP contribution in [0.15, 0.2) is 12.1 Å². The van der Waals surface area contributed by atoms with Crippen LogP contribution in [0.1, 0.15) is 80.4 Å². The van der Waals surface area contributed by atoms with Gasteiger partial charge in [-0.15, -0.1) is 5.10 Å². The van der Waals surface area contributed by atoms with Gasteiger partial charge in [0.15, 0.2) is 0 Å². The Balaban J connectivity index is 1.26. The van der Waals surface area contributed by atoms with E-state index in [0.29, 0.717) is 66.9 Å². The van der Waals surface area contributed by atoms with Crippen molar-refractivity contribution in [2.45, 2.75) is 70.9 Å². The van der Waals surface area contributed by atoms with Crippen LogP contribution < -0.4 is 4.74 Å². The molecule has 1 aromatic carbocycles. The van der Waals surface area contributed by atoms with E-state index < -0.39 is 23.8 Å². The summed E-state index contributed by atoms with van der Waals surface area (Å²) in [6.07, 6.45) is 2.38. The molecule has 1 saturated heterocycles. The van der Waals surface area contributed by atoms with Gasteiger partial charge in [0, 0.05) is 43.7 Å². The number of hydrogen-bond acceptors (Lipinski definition) is 7. The molecule has 3 aliphatic carbocycles. The number of halogens is 3. The molecule has 3 heterocycles. The Bertz CT molecular complexity index is 1560. The standard InChI is InChI=1S/C32H38ClF2N5O5/c1-31(30(43)44-3)12-18-10-17(18)11-20(31)29(42)40-9-6-19-21(33)4-5-24(45-15-22-27(28(34)35)38(2)37-36-22)26(19)23(40)14-39-16-32(7-8-32)13-25(39)41/h4-5,17-18,20,23,28H,6-16H2,1-3H3/t17-,18+,20-,23+,31-/m0/s1. The smallest absolute Gasteiger partial charge is 0.312 e. The number of esters is 1. The Morgan fingerprint density at radius 3 is 2.67 bits per heavy atom. The molecule has 0 unspecified atom stereocenters. The number of methoxy groups -OCH3 is 1. The number of ether oxygens (including phenoxy) is 2. The highest BCUT2D eigenvalue weighted by atomic mass is 35.5. The molecule has 7 rings (SSSR count). The summed E-state index contributed by atoms with van der Waals surface area (Å²) in [5.74, 6) is 0.177.